The Morgan fingerprint density at radius 2 is 1.56 bits per heavy atom. The number of benzene rings is 3. The molecular formula is C25H25IN2O5S. The molecule has 0 aliphatic rings. The van der Waals surface area contributed by atoms with Crippen LogP contribution in [0.1, 0.15) is 28.4 Å². The van der Waals surface area contributed by atoms with Crippen LogP contribution < -0.4 is 10.6 Å². The maximum atomic E-state index is 13.5. The summed E-state index contributed by atoms with van der Waals surface area (Å²) < 4.78 is 31.5. The molecule has 0 aliphatic heterocycles. The van der Waals surface area contributed by atoms with Crippen LogP contribution in [0.5, 0.6) is 0 Å². The van der Waals surface area contributed by atoms with Crippen molar-refractivity contribution in [3.8, 4) is 0 Å². The van der Waals surface area contributed by atoms with Gasteiger partial charge in [-0.2, -0.15) is 8.42 Å². The zero-order valence-electron chi connectivity index (χ0n) is 18.5. The van der Waals surface area contributed by atoms with Crippen LogP contribution in [0.25, 0.3) is 0 Å². The molecule has 178 valence electrons. The van der Waals surface area contributed by atoms with Gasteiger partial charge in [0, 0.05) is 21.4 Å². The fourth-order valence-corrected chi connectivity index (χ4v) is 4.22. The van der Waals surface area contributed by atoms with Crippen molar-refractivity contribution in [2.45, 2.75) is 18.8 Å². The van der Waals surface area contributed by atoms with Crippen molar-refractivity contribution in [2.24, 2.45) is 0 Å². The van der Waals surface area contributed by atoms with Gasteiger partial charge in [-0.15, -0.1) is 0 Å². The molecule has 0 spiro atoms. The average molecular weight is 592 g/mol. The molecule has 0 saturated carbocycles. The smallest absolute Gasteiger partial charge is 0.266 e. The highest BCUT2D eigenvalue weighted by atomic mass is 127. The van der Waals surface area contributed by atoms with E-state index in [0.717, 1.165) is 14.7 Å². The summed E-state index contributed by atoms with van der Waals surface area (Å²) in [6, 6.07) is 23.9. The van der Waals surface area contributed by atoms with Crippen molar-refractivity contribution in [3.05, 3.63) is 99.1 Å². The van der Waals surface area contributed by atoms with E-state index in [9.17, 15) is 18.0 Å². The second-order valence-corrected chi connectivity index (χ2v) is 10.9. The molecule has 3 aromatic carbocycles. The summed E-state index contributed by atoms with van der Waals surface area (Å²) in [6.07, 6.45) is 0.401. The quantitative estimate of drug-likeness (QED) is 0.257. The lowest BCUT2D eigenvalue weighted by molar-refractivity contribution is -0.121. The fraction of sp³-hybridized carbons (Fsp3) is 0.200. The topological polar surface area (TPSA) is 113 Å². The number of carbonyl (C=O) groups excluding carboxylic acids is 2. The van der Waals surface area contributed by atoms with E-state index >= 15 is 0 Å². The minimum atomic E-state index is -4.14. The third-order valence-corrected chi connectivity index (χ3v) is 6.87. The minimum Gasteiger partial charge on any atom is -0.351 e. The van der Waals surface area contributed by atoms with Gasteiger partial charge in [0.15, 0.2) is 0 Å². The van der Waals surface area contributed by atoms with Crippen molar-refractivity contribution in [3.63, 3.8) is 0 Å². The lowest BCUT2D eigenvalue weighted by Crippen LogP contribution is -2.39. The van der Waals surface area contributed by atoms with Crippen LogP contribution in [0.4, 0.5) is 5.69 Å². The van der Waals surface area contributed by atoms with Gasteiger partial charge in [0.1, 0.15) is 0 Å². The second-order valence-electron chi connectivity index (χ2n) is 8.07. The van der Waals surface area contributed by atoms with Crippen LogP contribution >= 0.6 is 22.6 Å². The molecule has 0 aliphatic carbocycles. The predicted molar refractivity (Wildman–Crippen MR) is 140 cm³/mol. The van der Waals surface area contributed by atoms with E-state index in [1.165, 1.54) is 0 Å². The molecule has 3 N–H and O–H groups in total. The highest BCUT2D eigenvalue weighted by Crippen LogP contribution is 2.30. The maximum absolute atomic E-state index is 13.5. The lowest BCUT2D eigenvalue weighted by atomic mass is 9.76. The summed E-state index contributed by atoms with van der Waals surface area (Å²) in [5.74, 6) is -1.15. The first-order valence-corrected chi connectivity index (χ1v) is 13.2. The summed E-state index contributed by atoms with van der Waals surface area (Å²) in [5, 5.41) is 5.47. The molecular weight excluding hydrogens is 567 g/mol. The molecule has 34 heavy (non-hydrogen) atoms. The molecule has 2 amide bonds. The number of anilines is 1. The van der Waals surface area contributed by atoms with Gasteiger partial charge in [0.2, 0.25) is 5.91 Å². The minimum absolute atomic E-state index is 0.146. The van der Waals surface area contributed by atoms with Crippen molar-refractivity contribution in [1.29, 1.82) is 0 Å². The molecule has 9 heteroatoms. The number of hydrogen-bond acceptors (Lipinski definition) is 4. The zero-order valence-corrected chi connectivity index (χ0v) is 21.5. The molecule has 0 fully saturated rings. The maximum Gasteiger partial charge on any atom is 0.266 e. The molecule has 0 radical (unpaired) electrons. The van der Waals surface area contributed by atoms with Gasteiger partial charge < -0.3 is 10.6 Å². The number of hydrogen-bond donors (Lipinski definition) is 3. The number of amides is 2. The third kappa shape index (κ3) is 7.12. The van der Waals surface area contributed by atoms with Crippen LogP contribution in [-0.2, 0) is 26.7 Å². The second kappa shape index (κ2) is 11.1. The molecule has 0 aromatic heterocycles. The van der Waals surface area contributed by atoms with Crippen molar-refractivity contribution < 1.29 is 22.6 Å². The lowest BCUT2D eigenvalue weighted by Gasteiger charge is -2.29. The fourth-order valence-electron chi connectivity index (χ4n) is 3.50. The molecule has 0 heterocycles. The summed E-state index contributed by atoms with van der Waals surface area (Å²) in [4.78, 5) is 25.7. The average Bonchev–Trinajstić information content (AvgIpc) is 2.80. The highest BCUT2D eigenvalue weighted by molar-refractivity contribution is 14.1. The van der Waals surface area contributed by atoms with Gasteiger partial charge in [-0.3, -0.25) is 14.1 Å². The number of carbonyl (C=O) groups is 2. The molecule has 0 unspecified atom stereocenters. The van der Waals surface area contributed by atoms with E-state index in [1.54, 1.807) is 24.3 Å². The molecule has 7 nitrogen and oxygen atoms in total. The van der Waals surface area contributed by atoms with Crippen LogP contribution in [0.2, 0.25) is 0 Å². The first kappa shape index (κ1) is 25.9. The summed E-state index contributed by atoms with van der Waals surface area (Å²) in [6.45, 7) is 1.70. The van der Waals surface area contributed by atoms with Crippen LogP contribution in [-0.4, -0.2) is 37.1 Å². The van der Waals surface area contributed by atoms with E-state index in [0.29, 0.717) is 17.7 Å². The van der Waals surface area contributed by atoms with Crippen molar-refractivity contribution >= 4 is 50.2 Å². The molecule has 0 bridgehead atoms. The first-order chi connectivity index (χ1) is 16.1. The van der Waals surface area contributed by atoms with E-state index in [2.05, 4.69) is 33.2 Å². The molecule has 3 aromatic rings. The first-order valence-electron chi connectivity index (χ1n) is 10.5. The van der Waals surface area contributed by atoms with Gasteiger partial charge in [0.25, 0.3) is 16.0 Å². The monoisotopic (exact) mass is 592 g/mol. The Hall–Kier alpha value is -2.76. The Balaban J connectivity index is 1.78. The Morgan fingerprint density at radius 1 is 0.941 bits per heavy atom. The SMILES string of the molecule is C[C@@](Cc1ccc(C(=O)NCCS(=O)(=O)O)cc1)(C(=O)Nc1ccc(I)cc1)c1ccccc1. The molecule has 1 atom stereocenters. The van der Waals surface area contributed by atoms with Gasteiger partial charge in [-0.1, -0.05) is 42.5 Å². The van der Waals surface area contributed by atoms with Crippen LogP contribution in [0.3, 0.4) is 0 Å². The summed E-state index contributed by atoms with van der Waals surface area (Å²) in [5.41, 5.74) is 1.92. The standard InChI is InChI=1S/C25H25IN2O5S/c1-25(20-5-3-2-4-6-20,24(30)28-22-13-11-21(26)12-14-22)17-18-7-9-19(10-8-18)23(29)27-15-16-34(31,32)33/h2-14H,15-17H2,1H3,(H,27,29)(H,28,30)(H,31,32,33)/t25-/m0/s1. The van der Waals surface area contributed by atoms with E-state index in [4.69, 9.17) is 4.55 Å². The third-order valence-electron chi connectivity index (χ3n) is 5.43. The van der Waals surface area contributed by atoms with Crippen LogP contribution in [0, 0.1) is 3.57 Å². The Morgan fingerprint density at radius 3 is 2.15 bits per heavy atom. The zero-order chi connectivity index (χ0) is 24.8. The summed E-state index contributed by atoms with van der Waals surface area (Å²) >= 11 is 2.21. The molecule has 3 rings (SSSR count). The number of nitrogens with one attached hydrogen (secondary N) is 2. The van der Waals surface area contributed by atoms with E-state index in [-0.39, 0.29) is 12.5 Å². The van der Waals surface area contributed by atoms with E-state index in [1.807, 2.05) is 61.5 Å². The van der Waals surface area contributed by atoms with Crippen molar-refractivity contribution in [1.82, 2.24) is 5.32 Å². The van der Waals surface area contributed by atoms with Gasteiger partial charge >= 0.3 is 0 Å². The van der Waals surface area contributed by atoms with Gasteiger partial charge in [-0.05, 0) is 83.5 Å². The van der Waals surface area contributed by atoms with Crippen molar-refractivity contribution in [2.75, 3.05) is 17.6 Å². The number of halogens is 1. The summed E-state index contributed by atoms with van der Waals surface area (Å²) in [7, 11) is -4.14. The Kier molecular flexibility index (Phi) is 8.45. The normalized spacial score (nSPS) is 13.0. The van der Waals surface area contributed by atoms with Gasteiger partial charge in [0.05, 0.1) is 11.2 Å². The van der Waals surface area contributed by atoms with E-state index < -0.39 is 27.2 Å². The molecule has 0 saturated heterocycles. The predicted octanol–water partition coefficient (Wildman–Crippen LogP) is 4.05. The number of rotatable bonds is 9. The highest BCUT2D eigenvalue weighted by Gasteiger charge is 2.35. The Labute approximate surface area is 212 Å². The largest absolute Gasteiger partial charge is 0.351 e. The Bertz CT molecular complexity index is 1250. The van der Waals surface area contributed by atoms with Crippen LogP contribution in [0.15, 0.2) is 78.9 Å². The van der Waals surface area contributed by atoms with Gasteiger partial charge in [-0.25, -0.2) is 0 Å².